The number of benzene rings is 2. The van der Waals surface area contributed by atoms with Crippen LogP contribution < -0.4 is 10.6 Å². The van der Waals surface area contributed by atoms with E-state index in [9.17, 15) is 0 Å². The second-order valence-corrected chi connectivity index (χ2v) is 12.8. The summed E-state index contributed by atoms with van der Waals surface area (Å²) in [5, 5.41) is 5.64. The zero-order valence-corrected chi connectivity index (χ0v) is 20.0. The molecule has 1 saturated heterocycles. The molecule has 1 fully saturated rings. The summed E-state index contributed by atoms with van der Waals surface area (Å²) in [6.45, 7) is 11.9. The van der Waals surface area contributed by atoms with Crippen LogP contribution in [-0.4, -0.2) is 41.2 Å². The van der Waals surface area contributed by atoms with Gasteiger partial charge in [-0.05, 0) is 36.8 Å². The molecule has 0 amide bonds. The Hall–Kier alpha value is -1.23. The van der Waals surface area contributed by atoms with Crippen LogP contribution in [0.1, 0.15) is 26.3 Å². The minimum absolute atomic E-state index is 0.0949. The molecule has 0 spiro atoms. The molecule has 2 aromatic rings. The van der Waals surface area contributed by atoms with Crippen LogP contribution in [0.15, 0.2) is 53.3 Å². The van der Waals surface area contributed by atoms with Crippen LogP contribution in [0.3, 0.4) is 0 Å². The molecule has 0 radical (unpaired) electrons. The molecule has 156 valence electrons. The third-order valence-electron chi connectivity index (χ3n) is 5.11. The summed E-state index contributed by atoms with van der Waals surface area (Å²) in [5.74, 6) is 0. The van der Waals surface area contributed by atoms with Crippen molar-refractivity contribution in [3.63, 3.8) is 0 Å². The van der Waals surface area contributed by atoms with E-state index in [2.05, 4.69) is 55.0 Å². The number of ether oxygens (including phenoxy) is 1. The molecule has 1 heterocycles. The zero-order chi connectivity index (χ0) is 21.1. The second kappa shape index (κ2) is 9.28. The van der Waals surface area contributed by atoms with Gasteiger partial charge in [-0.15, -0.1) is 0 Å². The number of hydrogen-bond acceptors (Lipinski definition) is 2. The van der Waals surface area contributed by atoms with Gasteiger partial charge in [0.15, 0.2) is 5.11 Å². The van der Waals surface area contributed by atoms with Gasteiger partial charge in [-0.3, -0.25) is 4.67 Å². The predicted octanol–water partition coefficient (Wildman–Crippen LogP) is 5.92. The van der Waals surface area contributed by atoms with Gasteiger partial charge in [-0.2, -0.15) is 0 Å². The lowest BCUT2D eigenvalue weighted by Crippen LogP contribution is -2.43. The molecular formula is C22H29ClN3OPS. The highest BCUT2D eigenvalue weighted by atomic mass is 35.5. The summed E-state index contributed by atoms with van der Waals surface area (Å²) in [5.41, 5.74) is 1.89. The van der Waals surface area contributed by atoms with E-state index < -0.39 is 7.21 Å². The van der Waals surface area contributed by atoms with Gasteiger partial charge in [0.25, 0.3) is 0 Å². The number of morpholine rings is 1. The highest BCUT2D eigenvalue weighted by molar-refractivity contribution is 7.82. The molecule has 0 bridgehead atoms. The lowest BCUT2D eigenvalue weighted by Gasteiger charge is -2.46. The van der Waals surface area contributed by atoms with Crippen molar-refractivity contribution in [2.24, 2.45) is 4.74 Å². The number of thiocarbonyl (C=S) groups is 1. The first-order chi connectivity index (χ1) is 13.7. The van der Waals surface area contributed by atoms with Gasteiger partial charge in [-0.25, -0.2) is 4.74 Å². The summed E-state index contributed by atoms with van der Waals surface area (Å²) < 4.78 is 13.4. The van der Waals surface area contributed by atoms with Crippen LogP contribution in [-0.2, 0) is 4.74 Å². The average molecular weight is 450 g/mol. The van der Waals surface area contributed by atoms with Crippen molar-refractivity contribution in [2.75, 3.05) is 31.6 Å². The van der Waals surface area contributed by atoms with Gasteiger partial charge < -0.3 is 10.1 Å². The Kier molecular flexibility index (Phi) is 7.19. The number of aryl methyl sites for hydroxylation is 1. The normalized spacial score (nSPS) is 17.4. The van der Waals surface area contributed by atoms with Crippen LogP contribution in [0, 0.1) is 6.92 Å². The van der Waals surface area contributed by atoms with E-state index in [-0.39, 0.29) is 5.16 Å². The van der Waals surface area contributed by atoms with Crippen molar-refractivity contribution >= 4 is 47.1 Å². The van der Waals surface area contributed by atoms with Gasteiger partial charge in [0.2, 0.25) is 0 Å². The zero-order valence-electron chi connectivity index (χ0n) is 17.5. The fraction of sp³-hybridized carbons (Fsp3) is 0.409. The Labute approximate surface area is 184 Å². The van der Waals surface area contributed by atoms with Crippen LogP contribution in [0.5, 0.6) is 0 Å². The van der Waals surface area contributed by atoms with E-state index in [4.69, 9.17) is 33.3 Å². The number of anilines is 1. The second-order valence-electron chi connectivity index (χ2n) is 8.17. The van der Waals surface area contributed by atoms with Crippen LogP contribution in [0.25, 0.3) is 0 Å². The first-order valence-corrected chi connectivity index (χ1v) is 12.3. The molecule has 1 atom stereocenters. The summed E-state index contributed by atoms with van der Waals surface area (Å²) >= 11 is 12.0. The first kappa shape index (κ1) is 22.5. The van der Waals surface area contributed by atoms with Crippen molar-refractivity contribution in [1.29, 1.82) is 0 Å². The Bertz CT molecular complexity index is 921. The summed E-state index contributed by atoms with van der Waals surface area (Å²) in [6, 6.07) is 16.4. The standard InChI is InChI=1S/C22H29ClN3OPS/c1-17-10-11-18(16-20(17)23)24-21(29)25-28(22(2,3)4,19-8-6-5-7-9-19)26-12-14-27-15-13-26/h5-11,16H,12-15H2,1-4H3,(H,24,29)/t28-/m0/s1. The smallest absolute Gasteiger partial charge is 0.197 e. The number of hydrogen-bond donors (Lipinski definition) is 1. The van der Waals surface area contributed by atoms with Crippen molar-refractivity contribution in [3.8, 4) is 0 Å². The Balaban J connectivity index is 2.10. The van der Waals surface area contributed by atoms with E-state index in [1.807, 2.05) is 31.2 Å². The lowest BCUT2D eigenvalue weighted by molar-refractivity contribution is 0.0738. The number of rotatable bonds is 3. The van der Waals surface area contributed by atoms with E-state index >= 15 is 0 Å². The van der Waals surface area contributed by atoms with Crippen LogP contribution in [0.2, 0.25) is 5.02 Å². The third kappa shape index (κ3) is 4.92. The van der Waals surface area contributed by atoms with Gasteiger partial charge >= 0.3 is 0 Å². The van der Waals surface area contributed by atoms with Gasteiger partial charge in [0.05, 0.1) is 20.4 Å². The Morgan fingerprint density at radius 3 is 2.38 bits per heavy atom. The highest BCUT2D eigenvalue weighted by Crippen LogP contribution is 2.62. The Morgan fingerprint density at radius 2 is 1.79 bits per heavy atom. The van der Waals surface area contributed by atoms with E-state index in [0.717, 1.165) is 24.3 Å². The summed E-state index contributed by atoms with van der Waals surface area (Å²) in [6.07, 6.45) is 0. The first-order valence-electron chi connectivity index (χ1n) is 9.82. The predicted molar refractivity (Wildman–Crippen MR) is 130 cm³/mol. The topological polar surface area (TPSA) is 36.9 Å². The molecule has 0 aromatic heterocycles. The number of nitrogens with zero attached hydrogens (tertiary/aromatic N) is 2. The molecule has 29 heavy (non-hydrogen) atoms. The quantitative estimate of drug-likeness (QED) is 0.466. The van der Waals surface area contributed by atoms with Gasteiger partial charge in [0.1, 0.15) is 0 Å². The monoisotopic (exact) mass is 449 g/mol. The Morgan fingerprint density at radius 1 is 1.14 bits per heavy atom. The molecule has 4 nitrogen and oxygen atoms in total. The SMILES string of the molecule is Cc1ccc(NC(=S)N=[P@@](c2ccccc2)(N2CCOCC2)C(C)(C)C)cc1Cl. The van der Waals surface area contributed by atoms with E-state index in [1.54, 1.807) is 0 Å². The summed E-state index contributed by atoms with van der Waals surface area (Å²) in [7, 11) is -2.18. The maximum absolute atomic E-state index is 6.29. The summed E-state index contributed by atoms with van der Waals surface area (Å²) in [4.78, 5) is 0. The molecule has 0 unspecified atom stereocenters. The highest BCUT2D eigenvalue weighted by Gasteiger charge is 2.41. The molecule has 1 aliphatic rings. The molecule has 1 aliphatic heterocycles. The number of halogens is 1. The largest absolute Gasteiger partial charge is 0.379 e. The minimum atomic E-state index is -2.18. The molecule has 1 N–H and O–H groups in total. The number of nitrogens with one attached hydrogen (secondary N) is 1. The fourth-order valence-corrected chi connectivity index (χ4v) is 8.46. The molecule has 0 saturated carbocycles. The molecular weight excluding hydrogens is 421 g/mol. The maximum Gasteiger partial charge on any atom is 0.197 e. The van der Waals surface area contributed by atoms with Crippen molar-refractivity contribution < 1.29 is 4.74 Å². The molecule has 2 aromatic carbocycles. The average Bonchev–Trinajstić information content (AvgIpc) is 2.69. The fourth-order valence-electron chi connectivity index (χ4n) is 3.68. The molecule has 0 aliphatic carbocycles. The van der Waals surface area contributed by atoms with E-state index in [0.29, 0.717) is 23.3 Å². The van der Waals surface area contributed by atoms with E-state index in [1.165, 1.54) is 5.30 Å². The molecule has 3 rings (SSSR count). The van der Waals surface area contributed by atoms with Crippen LogP contribution >= 0.6 is 31.0 Å². The lowest BCUT2D eigenvalue weighted by atomic mass is 10.2. The van der Waals surface area contributed by atoms with Crippen molar-refractivity contribution in [1.82, 2.24) is 4.67 Å². The van der Waals surface area contributed by atoms with Gasteiger partial charge in [-0.1, -0.05) is 68.8 Å². The van der Waals surface area contributed by atoms with Crippen LogP contribution in [0.4, 0.5) is 5.69 Å². The third-order valence-corrected chi connectivity index (χ3v) is 10.4. The van der Waals surface area contributed by atoms with Crippen molar-refractivity contribution in [2.45, 2.75) is 32.9 Å². The minimum Gasteiger partial charge on any atom is -0.379 e. The van der Waals surface area contributed by atoms with Gasteiger partial charge in [0, 0.05) is 34.3 Å². The molecule has 7 heteroatoms. The maximum atomic E-state index is 6.29. The van der Waals surface area contributed by atoms with Crippen molar-refractivity contribution in [3.05, 3.63) is 59.1 Å².